The first-order chi connectivity index (χ1) is 12.9. The van der Waals surface area contributed by atoms with Gasteiger partial charge in [0, 0.05) is 18.6 Å². The second-order valence-electron chi connectivity index (χ2n) is 6.00. The lowest BCUT2D eigenvalue weighted by atomic mass is 10.1. The zero-order valence-corrected chi connectivity index (χ0v) is 14.6. The molecule has 0 atom stereocenters. The number of benzene rings is 1. The summed E-state index contributed by atoms with van der Waals surface area (Å²) in [5.74, 6) is -0.317. The zero-order valence-electron chi connectivity index (χ0n) is 14.6. The molecule has 2 rings (SSSR count). The molecule has 1 aromatic carbocycles. The molecular formula is C18H19F3N4O2. The van der Waals surface area contributed by atoms with Gasteiger partial charge >= 0.3 is 6.36 Å². The van der Waals surface area contributed by atoms with E-state index in [2.05, 4.69) is 26.3 Å². The molecule has 9 heteroatoms. The van der Waals surface area contributed by atoms with E-state index >= 15 is 0 Å². The van der Waals surface area contributed by atoms with Crippen molar-refractivity contribution in [2.75, 3.05) is 0 Å². The van der Waals surface area contributed by atoms with E-state index in [0.29, 0.717) is 30.7 Å². The number of carbonyl (C=O) groups is 1. The molecule has 0 aromatic heterocycles. The predicted octanol–water partition coefficient (Wildman–Crippen LogP) is 3.88. The summed E-state index contributed by atoms with van der Waals surface area (Å²) in [5, 5.41) is 19.2. The molecule has 0 spiro atoms. The molecule has 1 aliphatic heterocycles. The first kappa shape index (κ1) is 20.4. The summed E-state index contributed by atoms with van der Waals surface area (Å²) in [6.45, 7) is 0. The number of amides is 1. The van der Waals surface area contributed by atoms with Gasteiger partial charge in [-0.3, -0.25) is 4.79 Å². The van der Waals surface area contributed by atoms with E-state index < -0.39 is 6.36 Å². The van der Waals surface area contributed by atoms with Gasteiger partial charge in [0.05, 0.1) is 12.5 Å². The van der Waals surface area contributed by atoms with Gasteiger partial charge in [0.15, 0.2) is 0 Å². The molecular weight excluding hydrogens is 361 g/mol. The van der Waals surface area contributed by atoms with E-state index in [0.717, 1.165) is 25.0 Å². The monoisotopic (exact) mass is 380 g/mol. The molecule has 0 bridgehead atoms. The minimum absolute atomic E-state index is 0.0984. The van der Waals surface area contributed by atoms with Crippen LogP contribution in [0.15, 0.2) is 34.5 Å². The van der Waals surface area contributed by atoms with Crippen molar-refractivity contribution in [2.24, 2.45) is 10.2 Å². The molecule has 0 saturated carbocycles. The van der Waals surface area contributed by atoms with Crippen LogP contribution in [0.4, 0.5) is 13.2 Å². The van der Waals surface area contributed by atoms with Crippen LogP contribution in [0.3, 0.4) is 0 Å². The highest BCUT2D eigenvalue weighted by Crippen LogP contribution is 2.23. The van der Waals surface area contributed by atoms with Crippen molar-refractivity contribution in [3.05, 3.63) is 29.8 Å². The van der Waals surface area contributed by atoms with Crippen molar-refractivity contribution in [3.8, 4) is 11.8 Å². The Bertz CT molecular complexity index is 767. The summed E-state index contributed by atoms with van der Waals surface area (Å²) in [5.41, 5.74) is 1.33. The lowest BCUT2D eigenvalue weighted by Gasteiger charge is -2.13. The van der Waals surface area contributed by atoms with Gasteiger partial charge in [-0.2, -0.15) is 10.4 Å². The fourth-order valence-corrected chi connectivity index (χ4v) is 2.53. The van der Waals surface area contributed by atoms with E-state index in [1.165, 1.54) is 18.2 Å². The molecule has 1 N–H and O–H groups in total. The third-order valence-electron chi connectivity index (χ3n) is 3.75. The number of nitriles is 1. The third kappa shape index (κ3) is 7.90. The number of ether oxygens (including phenoxy) is 1. The first-order valence-corrected chi connectivity index (χ1v) is 8.49. The fourth-order valence-electron chi connectivity index (χ4n) is 2.53. The number of alkyl halides is 3. The second kappa shape index (κ2) is 9.71. The largest absolute Gasteiger partial charge is 0.573 e. The lowest BCUT2D eigenvalue weighted by Crippen LogP contribution is -2.33. The van der Waals surface area contributed by atoms with Gasteiger partial charge in [-0.1, -0.05) is 12.1 Å². The van der Waals surface area contributed by atoms with Gasteiger partial charge in [-0.05, 0) is 43.4 Å². The minimum atomic E-state index is -4.78. The van der Waals surface area contributed by atoms with Gasteiger partial charge in [-0.15, -0.1) is 18.3 Å². The van der Waals surface area contributed by atoms with Gasteiger partial charge in [0.1, 0.15) is 11.6 Å². The second-order valence-corrected chi connectivity index (χ2v) is 6.00. The Morgan fingerprint density at radius 2 is 2.07 bits per heavy atom. The number of nitrogens with one attached hydrogen (secondary N) is 1. The standard InChI is InChI=1S/C18H19F3N4O2/c19-18(20,21)27-15-7-4-5-13(11-15)12-17(26)23-16-9-8-14(24-25-16)6-2-1-3-10-22/h4-5,7,11H,1-3,6,8-9,12H2,(H,23,25,26). The zero-order chi connectivity index (χ0) is 19.7. The number of rotatable bonds is 7. The highest BCUT2D eigenvalue weighted by atomic mass is 19.4. The van der Waals surface area contributed by atoms with Crippen molar-refractivity contribution >= 4 is 17.5 Å². The summed E-state index contributed by atoms with van der Waals surface area (Å²) >= 11 is 0. The predicted molar refractivity (Wildman–Crippen MR) is 93.2 cm³/mol. The smallest absolute Gasteiger partial charge is 0.406 e. The molecule has 1 heterocycles. The van der Waals surface area contributed by atoms with Gasteiger partial charge in [0.25, 0.3) is 0 Å². The van der Waals surface area contributed by atoms with Crippen molar-refractivity contribution < 1.29 is 22.7 Å². The molecule has 1 aromatic rings. The Labute approximate surface area is 154 Å². The topological polar surface area (TPSA) is 86.8 Å². The summed E-state index contributed by atoms with van der Waals surface area (Å²) < 4.78 is 40.6. The Kier molecular flexibility index (Phi) is 7.34. The Morgan fingerprint density at radius 3 is 2.74 bits per heavy atom. The van der Waals surface area contributed by atoms with E-state index in [9.17, 15) is 18.0 Å². The van der Waals surface area contributed by atoms with Crippen LogP contribution in [0.2, 0.25) is 0 Å². The molecule has 27 heavy (non-hydrogen) atoms. The van der Waals surface area contributed by atoms with Gasteiger partial charge in [-0.25, -0.2) is 0 Å². The number of amidine groups is 1. The molecule has 6 nitrogen and oxygen atoms in total. The first-order valence-electron chi connectivity index (χ1n) is 8.49. The number of hydrogen-bond donors (Lipinski definition) is 1. The summed E-state index contributed by atoms with van der Waals surface area (Å²) in [4.78, 5) is 12.1. The van der Waals surface area contributed by atoms with Crippen LogP contribution in [0.25, 0.3) is 0 Å². The van der Waals surface area contributed by atoms with Crippen molar-refractivity contribution in [2.45, 2.75) is 51.3 Å². The molecule has 144 valence electrons. The Balaban J connectivity index is 1.84. The average Bonchev–Trinajstić information content (AvgIpc) is 2.59. The number of hydrogen-bond acceptors (Lipinski definition) is 5. The van der Waals surface area contributed by atoms with Crippen molar-refractivity contribution in [1.82, 2.24) is 5.32 Å². The average molecular weight is 380 g/mol. The molecule has 0 radical (unpaired) electrons. The maximum absolute atomic E-state index is 12.2. The minimum Gasteiger partial charge on any atom is -0.406 e. The number of halogens is 3. The SMILES string of the molecule is N#CCCCCC1=NN=C(NC(=O)Cc2cccc(OC(F)(F)F)c2)CC1. The summed E-state index contributed by atoms with van der Waals surface area (Å²) in [6, 6.07) is 7.38. The third-order valence-corrected chi connectivity index (χ3v) is 3.75. The Morgan fingerprint density at radius 1 is 1.26 bits per heavy atom. The van der Waals surface area contributed by atoms with Crippen LogP contribution >= 0.6 is 0 Å². The molecule has 0 aliphatic carbocycles. The molecule has 0 unspecified atom stereocenters. The summed E-state index contributed by atoms with van der Waals surface area (Å²) in [7, 11) is 0. The van der Waals surface area contributed by atoms with Crippen LogP contribution in [-0.2, 0) is 11.2 Å². The van der Waals surface area contributed by atoms with E-state index in [1.807, 2.05) is 0 Å². The highest BCUT2D eigenvalue weighted by Gasteiger charge is 2.31. The number of unbranched alkanes of at least 4 members (excludes halogenated alkanes) is 2. The Hall–Kier alpha value is -2.89. The molecule has 0 saturated heterocycles. The normalized spacial score (nSPS) is 14.0. The van der Waals surface area contributed by atoms with Crippen LogP contribution in [0.5, 0.6) is 5.75 Å². The fraction of sp³-hybridized carbons (Fsp3) is 0.444. The highest BCUT2D eigenvalue weighted by molar-refractivity contribution is 6.02. The van der Waals surface area contributed by atoms with E-state index in [4.69, 9.17) is 5.26 Å². The molecule has 1 aliphatic rings. The van der Waals surface area contributed by atoms with Crippen LogP contribution < -0.4 is 10.1 Å². The number of nitrogens with zero attached hydrogens (tertiary/aromatic N) is 3. The lowest BCUT2D eigenvalue weighted by molar-refractivity contribution is -0.274. The quantitative estimate of drug-likeness (QED) is 0.729. The van der Waals surface area contributed by atoms with Crippen LogP contribution in [0, 0.1) is 11.3 Å². The van der Waals surface area contributed by atoms with Gasteiger partial charge < -0.3 is 10.1 Å². The van der Waals surface area contributed by atoms with Crippen LogP contribution in [0.1, 0.15) is 44.1 Å². The maximum Gasteiger partial charge on any atom is 0.573 e. The number of carbonyl (C=O) groups excluding carboxylic acids is 1. The molecule has 1 amide bonds. The van der Waals surface area contributed by atoms with E-state index in [1.54, 1.807) is 6.07 Å². The van der Waals surface area contributed by atoms with Crippen molar-refractivity contribution in [1.29, 1.82) is 5.26 Å². The van der Waals surface area contributed by atoms with Crippen LogP contribution in [-0.4, -0.2) is 23.8 Å². The maximum atomic E-state index is 12.2. The van der Waals surface area contributed by atoms with E-state index in [-0.39, 0.29) is 18.1 Å². The summed E-state index contributed by atoms with van der Waals surface area (Å²) in [6.07, 6.45) is -0.660. The molecule has 0 fully saturated rings. The van der Waals surface area contributed by atoms with Gasteiger partial charge in [0.2, 0.25) is 5.91 Å². The van der Waals surface area contributed by atoms with Crippen molar-refractivity contribution in [3.63, 3.8) is 0 Å².